The molecule has 0 radical (unpaired) electrons. The maximum Gasteiger partial charge on any atom is 0.296 e. The normalized spacial score (nSPS) is 11.2. The van der Waals surface area contributed by atoms with Crippen molar-refractivity contribution in [2.45, 2.75) is 0 Å². The van der Waals surface area contributed by atoms with Crippen molar-refractivity contribution in [3.8, 4) is 5.88 Å². The lowest BCUT2D eigenvalue weighted by Gasteiger charge is -1.94. The SMILES string of the molecule is O=[N+]([O-])c1ccccc1N=Nc1nc2ccccn2c1O. The van der Waals surface area contributed by atoms with E-state index in [1.54, 1.807) is 36.5 Å². The van der Waals surface area contributed by atoms with Gasteiger partial charge in [-0.05, 0) is 18.2 Å². The van der Waals surface area contributed by atoms with E-state index < -0.39 is 4.92 Å². The van der Waals surface area contributed by atoms with Gasteiger partial charge in [0, 0.05) is 12.3 Å². The van der Waals surface area contributed by atoms with Crippen molar-refractivity contribution in [3.63, 3.8) is 0 Å². The van der Waals surface area contributed by atoms with Gasteiger partial charge in [0.25, 0.3) is 5.69 Å². The molecule has 0 fully saturated rings. The van der Waals surface area contributed by atoms with Crippen molar-refractivity contribution in [1.82, 2.24) is 9.38 Å². The zero-order valence-corrected chi connectivity index (χ0v) is 10.6. The van der Waals surface area contributed by atoms with Crippen molar-refractivity contribution in [2.75, 3.05) is 0 Å². The van der Waals surface area contributed by atoms with Crippen LogP contribution in [0.1, 0.15) is 0 Å². The van der Waals surface area contributed by atoms with Crippen LogP contribution in [0.25, 0.3) is 5.65 Å². The summed E-state index contributed by atoms with van der Waals surface area (Å²) in [4.78, 5) is 14.4. The second-order valence-corrected chi connectivity index (χ2v) is 4.13. The Bertz CT molecular complexity index is 856. The second-order valence-electron chi connectivity index (χ2n) is 4.13. The van der Waals surface area contributed by atoms with Crippen LogP contribution >= 0.6 is 0 Å². The molecule has 3 rings (SSSR count). The van der Waals surface area contributed by atoms with Crippen LogP contribution in [0.4, 0.5) is 17.2 Å². The number of fused-ring (bicyclic) bond motifs is 1. The number of para-hydroxylation sites is 1. The van der Waals surface area contributed by atoms with Crippen LogP contribution in [0.3, 0.4) is 0 Å². The van der Waals surface area contributed by atoms with Gasteiger partial charge in [0.2, 0.25) is 11.7 Å². The summed E-state index contributed by atoms with van der Waals surface area (Å²) < 4.78 is 1.44. The zero-order valence-electron chi connectivity index (χ0n) is 10.6. The minimum absolute atomic E-state index is 0.000601. The molecule has 0 aliphatic carbocycles. The molecule has 3 aromatic rings. The molecule has 1 N–H and O–H groups in total. The fourth-order valence-corrected chi connectivity index (χ4v) is 1.84. The summed E-state index contributed by atoms with van der Waals surface area (Å²) in [5, 5.41) is 28.4. The summed E-state index contributed by atoms with van der Waals surface area (Å²) in [6.45, 7) is 0. The van der Waals surface area contributed by atoms with Crippen LogP contribution in [0.2, 0.25) is 0 Å². The summed E-state index contributed by atoms with van der Waals surface area (Å²) in [5.74, 6) is -0.174. The van der Waals surface area contributed by atoms with Crippen LogP contribution < -0.4 is 0 Å². The summed E-state index contributed by atoms with van der Waals surface area (Å²) in [6, 6.07) is 11.2. The first kappa shape index (κ1) is 12.7. The first-order chi connectivity index (χ1) is 10.2. The third-order valence-corrected chi connectivity index (χ3v) is 2.82. The number of azo groups is 1. The molecule has 1 aromatic carbocycles. The predicted octanol–water partition coefficient (Wildman–Crippen LogP) is 3.36. The number of imidazole rings is 1. The van der Waals surface area contributed by atoms with Gasteiger partial charge in [-0.3, -0.25) is 14.5 Å². The van der Waals surface area contributed by atoms with Gasteiger partial charge in [0.15, 0.2) is 5.69 Å². The summed E-state index contributed by atoms with van der Waals surface area (Å²) in [6.07, 6.45) is 1.63. The van der Waals surface area contributed by atoms with Crippen LogP contribution in [0.5, 0.6) is 5.88 Å². The lowest BCUT2D eigenvalue weighted by atomic mass is 10.3. The van der Waals surface area contributed by atoms with Crippen molar-refractivity contribution in [3.05, 3.63) is 58.8 Å². The molecule has 0 bridgehead atoms. The van der Waals surface area contributed by atoms with E-state index in [-0.39, 0.29) is 23.1 Å². The third kappa shape index (κ3) is 2.29. The number of benzene rings is 1. The zero-order chi connectivity index (χ0) is 14.8. The topological polar surface area (TPSA) is 105 Å². The molecule has 0 saturated heterocycles. The minimum atomic E-state index is -0.544. The number of nitro groups is 1. The monoisotopic (exact) mass is 283 g/mol. The minimum Gasteiger partial charge on any atom is -0.491 e. The van der Waals surface area contributed by atoms with Crippen LogP contribution in [0.15, 0.2) is 58.9 Å². The van der Waals surface area contributed by atoms with Crippen molar-refractivity contribution < 1.29 is 10.0 Å². The van der Waals surface area contributed by atoms with Gasteiger partial charge in [-0.25, -0.2) is 4.98 Å². The highest BCUT2D eigenvalue weighted by Crippen LogP contribution is 2.31. The molecule has 8 nitrogen and oxygen atoms in total. The Morgan fingerprint density at radius 2 is 1.90 bits per heavy atom. The molecular weight excluding hydrogens is 274 g/mol. The number of aromatic nitrogens is 2. The van der Waals surface area contributed by atoms with E-state index in [0.29, 0.717) is 5.65 Å². The van der Waals surface area contributed by atoms with E-state index in [9.17, 15) is 15.2 Å². The fraction of sp³-hybridized carbons (Fsp3) is 0. The second kappa shape index (κ2) is 5.00. The van der Waals surface area contributed by atoms with E-state index in [1.165, 1.54) is 16.5 Å². The Hall–Kier alpha value is -3.29. The Balaban J connectivity index is 2.02. The lowest BCUT2D eigenvalue weighted by Crippen LogP contribution is -1.86. The molecule has 21 heavy (non-hydrogen) atoms. The molecule has 0 atom stereocenters. The van der Waals surface area contributed by atoms with E-state index in [1.807, 2.05) is 0 Å². The number of hydrogen-bond donors (Lipinski definition) is 1. The van der Waals surface area contributed by atoms with Gasteiger partial charge in [0.1, 0.15) is 5.65 Å². The van der Waals surface area contributed by atoms with Gasteiger partial charge < -0.3 is 5.11 Å². The largest absolute Gasteiger partial charge is 0.491 e. The molecule has 0 aliphatic heterocycles. The van der Waals surface area contributed by atoms with Crippen LogP contribution in [0, 0.1) is 10.1 Å². The Morgan fingerprint density at radius 1 is 1.14 bits per heavy atom. The molecule has 0 spiro atoms. The van der Waals surface area contributed by atoms with Gasteiger partial charge in [0.05, 0.1) is 4.92 Å². The smallest absolute Gasteiger partial charge is 0.296 e. The molecule has 8 heteroatoms. The Morgan fingerprint density at radius 3 is 2.67 bits per heavy atom. The standard InChI is InChI=1S/C13H9N5O3/c19-13-12(14-11-7-3-4-8-17(11)13)16-15-9-5-1-2-6-10(9)18(20)21/h1-8,19H. The Kier molecular flexibility index (Phi) is 3.03. The number of hydrogen-bond acceptors (Lipinski definition) is 6. The molecule has 2 aromatic heterocycles. The average molecular weight is 283 g/mol. The summed E-state index contributed by atoms with van der Waals surface area (Å²) in [7, 11) is 0. The number of aromatic hydroxyl groups is 1. The van der Waals surface area contributed by atoms with Gasteiger partial charge >= 0.3 is 0 Å². The summed E-state index contributed by atoms with van der Waals surface area (Å²) >= 11 is 0. The maximum absolute atomic E-state index is 10.9. The molecule has 0 unspecified atom stereocenters. The van der Waals surface area contributed by atoms with Crippen molar-refractivity contribution in [1.29, 1.82) is 0 Å². The molecule has 104 valence electrons. The Labute approximate surface area is 118 Å². The highest BCUT2D eigenvalue weighted by atomic mass is 16.6. The van der Waals surface area contributed by atoms with Crippen LogP contribution in [-0.4, -0.2) is 19.4 Å². The van der Waals surface area contributed by atoms with E-state index in [4.69, 9.17) is 0 Å². The van der Waals surface area contributed by atoms with E-state index in [2.05, 4.69) is 15.2 Å². The van der Waals surface area contributed by atoms with Crippen LogP contribution in [-0.2, 0) is 0 Å². The van der Waals surface area contributed by atoms with E-state index >= 15 is 0 Å². The number of rotatable bonds is 3. The third-order valence-electron chi connectivity index (χ3n) is 2.82. The molecule has 0 amide bonds. The molecule has 0 saturated carbocycles. The van der Waals surface area contributed by atoms with Gasteiger partial charge in [-0.15, -0.1) is 10.2 Å². The number of pyridine rings is 1. The highest BCUT2D eigenvalue weighted by molar-refractivity contribution is 5.58. The van der Waals surface area contributed by atoms with Crippen molar-refractivity contribution in [2.24, 2.45) is 10.2 Å². The number of nitro benzene ring substituents is 1. The van der Waals surface area contributed by atoms with Crippen molar-refractivity contribution >= 4 is 22.8 Å². The van der Waals surface area contributed by atoms with Gasteiger partial charge in [-0.2, -0.15) is 0 Å². The average Bonchev–Trinajstić information content (AvgIpc) is 2.82. The maximum atomic E-state index is 10.9. The molecule has 0 aliphatic rings. The first-order valence-corrected chi connectivity index (χ1v) is 5.98. The van der Waals surface area contributed by atoms with E-state index in [0.717, 1.165) is 0 Å². The predicted molar refractivity (Wildman–Crippen MR) is 74.1 cm³/mol. The highest BCUT2D eigenvalue weighted by Gasteiger charge is 2.13. The summed E-state index contributed by atoms with van der Waals surface area (Å²) in [5.41, 5.74) is 0.440. The molecular formula is C13H9N5O3. The number of nitrogens with zero attached hydrogens (tertiary/aromatic N) is 5. The quantitative estimate of drug-likeness (QED) is 0.452. The lowest BCUT2D eigenvalue weighted by molar-refractivity contribution is -0.384. The molecule has 2 heterocycles. The van der Waals surface area contributed by atoms with Gasteiger partial charge in [-0.1, -0.05) is 18.2 Å². The fourth-order valence-electron chi connectivity index (χ4n) is 1.84. The first-order valence-electron chi connectivity index (χ1n) is 5.98.